The Morgan fingerprint density at radius 1 is 0.969 bits per heavy atom. The van der Waals surface area contributed by atoms with Crippen LogP contribution in [0.25, 0.3) is 10.9 Å². The zero-order valence-corrected chi connectivity index (χ0v) is 19.1. The SMILES string of the molecule is CCOC(=O)N1CCN(C(=O)CC(c2ccc(C)cc2)c2cn(C)c3ccccc23)CC1. The monoisotopic (exact) mass is 433 g/mol. The van der Waals surface area contributed by atoms with E-state index >= 15 is 0 Å². The van der Waals surface area contributed by atoms with E-state index in [4.69, 9.17) is 4.74 Å². The van der Waals surface area contributed by atoms with Crippen LogP contribution in [0.1, 0.15) is 36.0 Å². The van der Waals surface area contributed by atoms with Gasteiger partial charge in [-0.05, 0) is 31.0 Å². The number of fused-ring (bicyclic) bond motifs is 1. The molecular weight excluding hydrogens is 402 g/mol. The molecule has 2 amide bonds. The fourth-order valence-corrected chi connectivity index (χ4v) is 4.51. The second-order valence-corrected chi connectivity index (χ2v) is 8.45. The number of amides is 2. The van der Waals surface area contributed by atoms with E-state index in [1.54, 1.807) is 11.8 Å². The van der Waals surface area contributed by atoms with Crippen molar-refractivity contribution in [2.24, 2.45) is 7.05 Å². The molecule has 0 radical (unpaired) electrons. The fraction of sp³-hybridized carbons (Fsp3) is 0.385. The number of para-hydroxylation sites is 1. The Kier molecular flexibility index (Phi) is 6.49. The lowest BCUT2D eigenvalue weighted by molar-refractivity contribution is -0.133. The Bertz CT molecular complexity index is 1100. The summed E-state index contributed by atoms with van der Waals surface area (Å²) in [4.78, 5) is 28.9. The van der Waals surface area contributed by atoms with Gasteiger partial charge in [0.15, 0.2) is 0 Å². The van der Waals surface area contributed by atoms with Gasteiger partial charge >= 0.3 is 6.09 Å². The lowest BCUT2D eigenvalue weighted by atomic mass is 9.87. The van der Waals surface area contributed by atoms with Gasteiger partial charge in [-0.3, -0.25) is 4.79 Å². The molecule has 6 nitrogen and oxygen atoms in total. The van der Waals surface area contributed by atoms with Gasteiger partial charge in [0, 0.05) is 62.7 Å². The number of piperazine rings is 1. The van der Waals surface area contributed by atoms with Crippen molar-refractivity contribution in [3.63, 3.8) is 0 Å². The first-order valence-electron chi connectivity index (χ1n) is 11.3. The van der Waals surface area contributed by atoms with E-state index in [0.29, 0.717) is 39.2 Å². The summed E-state index contributed by atoms with van der Waals surface area (Å²) in [6.07, 6.45) is 2.25. The van der Waals surface area contributed by atoms with Crippen molar-refractivity contribution in [3.8, 4) is 0 Å². The number of nitrogens with zero attached hydrogens (tertiary/aromatic N) is 3. The highest BCUT2D eigenvalue weighted by atomic mass is 16.6. The number of hydrogen-bond acceptors (Lipinski definition) is 3. The molecule has 1 aliphatic heterocycles. The van der Waals surface area contributed by atoms with E-state index < -0.39 is 0 Å². The second-order valence-electron chi connectivity index (χ2n) is 8.45. The number of aromatic nitrogens is 1. The summed E-state index contributed by atoms with van der Waals surface area (Å²) < 4.78 is 7.22. The van der Waals surface area contributed by atoms with Crippen molar-refractivity contribution in [1.29, 1.82) is 0 Å². The van der Waals surface area contributed by atoms with Crippen LogP contribution in [0.15, 0.2) is 54.7 Å². The zero-order valence-electron chi connectivity index (χ0n) is 19.1. The molecule has 3 aromatic rings. The van der Waals surface area contributed by atoms with E-state index in [9.17, 15) is 9.59 Å². The van der Waals surface area contributed by atoms with Gasteiger partial charge in [0.1, 0.15) is 0 Å². The quantitative estimate of drug-likeness (QED) is 0.603. The summed E-state index contributed by atoms with van der Waals surface area (Å²) in [7, 11) is 2.05. The van der Waals surface area contributed by atoms with E-state index in [1.807, 2.05) is 11.0 Å². The zero-order chi connectivity index (χ0) is 22.7. The van der Waals surface area contributed by atoms with Crippen LogP contribution in [0, 0.1) is 6.92 Å². The van der Waals surface area contributed by atoms with Gasteiger partial charge in [-0.25, -0.2) is 4.79 Å². The molecule has 0 aliphatic carbocycles. The van der Waals surface area contributed by atoms with Crippen molar-refractivity contribution < 1.29 is 14.3 Å². The summed E-state index contributed by atoms with van der Waals surface area (Å²) in [6.45, 7) is 6.33. The topological polar surface area (TPSA) is 54.8 Å². The van der Waals surface area contributed by atoms with E-state index in [1.165, 1.54) is 16.5 Å². The van der Waals surface area contributed by atoms with Crippen molar-refractivity contribution in [1.82, 2.24) is 14.4 Å². The molecule has 168 valence electrons. The summed E-state index contributed by atoms with van der Waals surface area (Å²) in [6, 6.07) is 16.8. The number of ether oxygens (including phenoxy) is 1. The minimum atomic E-state index is -0.298. The molecule has 0 bridgehead atoms. The first-order chi connectivity index (χ1) is 15.5. The average molecular weight is 434 g/mol. The Morgan fingerprint density at radius 3 is 2.31 bits per heavy atom. The normalized spacial score (nSPS) is 15.1. The van der Waals surface area contributed by atoms with Crippen LogP contribution >= 0.6 is 0 Å². The average Bonchev–Trinajstić information content (AvgIpc) is 3.15. The molecule has 1 aliphatic rings. The fourth-order valence-electron chi connectivity index (χ4n) is 4.51. The third-order valence-electron chi connectivity index (χ3n) is 6.32. The minimum Gasteiger partial charge on any atom is -0.450 e. The largest absolute Gasteiger partial charge is 0.450 e. The van der Waals surface area contributed by atoms with Gasteiger partial charge in [0.05, 0.1) is 6.61 Å². The molecular formula is C26H31N3O3. The molecule has 4 rings (SSSR count). The van der Waals surface area contributed by atoms with Gasteiger partial charge in [-0.2, -0.15) is 0 Å². The van der Waals surface area contributed by atoms with Crippen LogP contribution in [0.5, 0.6) is 0 Å². The predicted molar refractivity (Wildman–Crippen MR) is 126 cm³/mol. The Hall–Kier alpha value is -3.28. The molecule has 2 heterocycles. The predicted octanol–water partition coefficient (Wildman–Crippen LogP) is 4.31. The number of hydrogen-bond donors (Lipinski definition) is 0. The molecule has 1 unspecified atom stereocenters. The third kappa shape index (κ3) is 4.49. The number of carbonyl (C=O) groups is 2. The Labute approximate surface area is 189 Å². The van der Waals surface area contributed by atoms with Gasteiger partial charge in [0.2, 0.25) is 5.91 Å². The second kappa shape index (κ2) is 9.47. The molecule has 1 atom stereocenters. The van der Waals surface area contributed by atoms with Crippen LogP contribution in [0.4, 0.5) is 4.79 Å². The molecule has 1 fully saturated rings. The highest BCUT2D eigenvalue weighted by Gasteiger charge is 2.28. The highest BCUT2D eigenvalue weighted by Crippen LogP contribution is 2.35. The Balaban J connectivity index is 1.57. The number of carbonyl (C=O) groups excluding carboxylic acids is 2. The first kappa shape index (κ1) is 21.9. The number of benzene rings is 2. The van der Waals surface area contributed by atoms with Crippen LogP contribution in [-0.4, -0.2) is 59.2 Å². The summed E-state index contributed by atoms with van der Waals surface area (Å²) >= 11 is 0. The number of rotatable bonds is 5. The van der Waals surface area contributed by atoms with Crippen molar-refractivity contribution in [2.45, 2.75) is 26.2 Å². The Morgan fingerprint density at radius 2 is 1.62 bits per heavy atom. The maximum atomic E-state index is 13.4. The third-order valence-corrected chi connectivity index (χ3v) is 6.32. The van der Waals surface area contributed by atoms with Gasteiger partial charge in [-0.1, -0.05) is 48.0 Å². The highest BCUT2D eigenvalue weighted by molar-refractivity contribution is 5.86. The lowest BCUT2D eigenvalue weighted by Crippen LogP contribution is -2.50. The van der Waals surface area contributed by atoms with E-state index in [-0.39, 0.29) is 17.9 Å². The van der Waals surface area contributed by atoms with Crippen LogP contribution in [0.2, 0.25) is 0 Å². The smallest absolute Gasteiger partial charge is 0.409 e. The molecule has 0 N–H and O–H groups in total. The number of aryl methyl sites for hydroxylation is 2. The van der Waals surface area contributed by atoms with Crippen molar-refractivity contribution in [3.05, 3.63) is 71.4 Å². The molecule has 0 saturated carbocycles. The molecule has 0 spiro atoms. The van der Waals surface area contributed by atoms with E-state index in [2.05, 4.69) is 67.2 Å². The van der Waals surface area contributed by atoms with Crippen molar-refractivity contribution >= 4 is 22.9 Å². The van der Waals surface area contributed by atoms with Gasteiger partial charge in [0.25, 0.3) is 0 Å². The van der Waals surface area contributed by atoms with Gasteiger partial charge < -0.3 is 19.1 Å². The standard InChI is InChI=1S/C26H31N3O3/c1-4-32-26(31)29-15-13-28(14-16-29)25(30)17-22(20-11-9-19(2)10-12-20)23-18-27(3)24-8-6-5-7-21(23)24/h5-12,18,22H,4,13-17H2,1-3H3. The molecule has 2 aromatic carbocycles. The van der Waals surface area contributed by atoms with Crippen LogP contribution in [0.3, 0.4) is 0 Å². The summed E-state index contributed by atoms with van der Waals surface area (Å²) in [5, 5.41) is 1.18. The lowest BCUT2D eigenvalue weighted by Gasteiger charge is -2.34. The van der Waals surface area contributed by atoms with Crippen LogP contribution in [-0.2, 0) is 16.6 Å². The maximum Gasteiger partial charge on any atom is 0.409 e. The molecule has 6 heteroatoms. The van der Waals surface area contributed by atoms with Gasteiger partial charge in [-0.15, -0.1) is 0 Å². The first-order valence-corrected chi connectivity index (χ1v) is 11.3. The summed E-state index contributed by atoms with van der Waals surface area (Å²) in [5.41, 5.74) is 4.68. The summed E-state index contributed by atoms with van der Waals surface area (Å²) in [5.74, 6) is 0.0873. The molecule has 1 aromatic heterocycles. The van der Waals surface area contributed by atoms with Crippen molar-refractivity contribution in [2.75, 3.05) is 32.8 Å². The van der Waals surface area contributed by atoms with E-state index in [0.717, 1.165) is 11.1 Å². The maximum absolute atomic E-state index is 13.4. The molecule has 32 heavy (non-hydrogen) atoms. The molecule has 1 saturated heterocycles. The van der Waals surface area contributed by atoms with Crippen LogP contribution < -0.4 is 0 Å². The minimum absolute atomic E-state index is 0.0303.